The molecule has 108 valence electrons. The summed E-state index contributed by atoms with van der Waals surface area (Å²) in [5, 5.41) is 13.2. The summed E-state index contributed by atoms with van der Waals surface area (Å²) in [5.41, 5.74) is 0.621. The topological polar surface area (TPSA) is 90.9 Å². The van der Waals surface area contributed by atoms with Crippen molar-refractivity contribution in [3.8, 4) is 11.4 Å². The Bertz CT molecular complexity index is 743. The summed E-state index contributed by atoms with van der Waals surface area (Å²) >= 11 is 11.8. The maximum atomic E-state index is 11.5. The molecule has 0 spiro atoms. The molecule has 0 aliphatic heterocycles. The number of aromatic nitrogens is 3. The molecule has 0 aliphatic rings. The molecule has 0 unspecified atom stereocenters. The minimum atomic E-state index is -3.93. The van der Waals surface area contributed by atoms with Gasteiger partial charge >= 0.3 is 0 Å². The van der Waals surface area contributed by atoms with E-state index < -0.39 is 10.0 Å². The Morgan fingerprint density at radius 3 is 2.50 bits per heavy atom. The molecule has 0 radical (unpaired) electrons. The molecule has 0 aliphatic carbocycles. The molecule has 1 aromatic heterocycles. The highest BCUT2D eigenvalue weighted by Gasteiger charge is 2.21. The SMILES string of the molecule is CCCn1c(-c2ccc(Cl)c(Cl)c2)nnc1S(N)(=O)=O. The number of benzene rings is 1. The smallest absolute Gasteiger partial charge is 0.273 e. The summed E-state index contributed by atoms with van der Waals surface area (Å²) in [6.07, 6.45) is 0.703. The van der Waals surface area contributed by atoms with Crippen molar-refractivity contribution in [2.24, 2.45) is 5.14 Å². The van der Waals surface area contributed by atoms with E-state index in [1.54, 1.807) is 18.2 Å². The van der Waals surface area contributed by atoms with Crippen molar-refractivity contribution < 1.29 is 8.42 Å². The summed E-state index contributed by atoms with van der Waals surface area (Å²) in [4.78, 5) is 0. The fourth-order valence-corrected chi connectivity index (χ4v) is 2.71. The van der Waals surface area contributed by atoms with E-state index in [-0.39, 0.29) is 5.16 Å². The van der Waals surface area contributed by atoms with Crippen molar-refractivity contribution in [2.75, 3.05) is 0 Å². The standard InChI is InChI=1S/C11H12Cl2N4O2S/c1-2-5-17-10(15-16-11(17)20(14,18)19)7-3-4-8(12)9(13)6-7/h3-4,6H,2,5H2,1H3,(H2,14,18,19). The molecule has 0 amide bonds. The van der Waals surface area contributed by atoms with Crippen LogP contribution in [0.25, 0.3) is 11.4 Å². The van der Waals surface area contributed by atoms with Crippen LogP contribution in [0.3, 0.4) is 0 Å². The van der Waals surface area contributed by atoms with Crippen LogP contribution < -0.4 is 5.14 Å². The second-order valence-electron chi connectivity index (χ2n) is 4.13. The van der Waals surface area contributed by atoms with Gasteiger partial charge in [-0.25, -0.2) is 13.6 Å². The van der Waals surface area contributed by atoms with Crippen molar-refractivity contribution in [1.29, 1.82) is 0 Å². The van der Waals surface area contributed by atoms with Crippen LogP contribution in [0.4, 0.5) is 0 Å². The van der Waals surface area contributed by atoms with Gasteiger partial charge < -0.3 is 0 Å². The molecule has 2 aromatic rings. The number of primary sulfonamides is 1. The molecule has 1 heterocycles. The van der Waals surface area contributed by atoms with Crippen molar-refractivity contribution >= 4 is 33.2 Å². The summed E-state index contributed by atoms with van der Waals surface area (Å²) in [5.74, 6) is 0.384. The van der Waals surface area contributed by atoms with E-state index in [2.05, 4.69) is 10.2 Å². The van der Waals surface area contributed by atoms with E-state index in [1.165, 1.54) is 4.57 Å². The summed E-state index contributed by atoms with van der Waals surface area (Å²) in [7, 11) is -3.93. The number of rotatable bonds is 4. The van der Waals surface area contributed by atoms with Crippen LogP contribution in [-0.4, -0.2) is 23.2 Å². The van der Waals surface area contributed by atoms with E-state index in [4.69, 9.17) is 28.3 Å². The fraction of sp³-hybridized carbons (Fsp3) is 0.273. The third kappa shape index (κ3) is 2.95. The highest BCUT2D eigenvalue weighted by atomic mass is 35.5. The van der Waals surface area contributed by atoms with Crippen LogP contribution in [0.5, 0.6) is 0 Å². The first kappa shape index (κ1) is 15.2. The lowest BCUT2D eigenvalue weighted by Crippen LogP contribution is -2.19. The predicted octanol–water partition coefficient (Wildman–Crippen LogP) is 2.31. The van der Waals surface area contributed by atoms with Crippen LogP contribution in [-0.2, 0) is 16.6 Å². The highest BCUT2D eigenvalue weighted by molar-refractivity contribution is 7.89. The normalized spacial score (nSPS) is 11.8. The van der Waals surface area contributed by atoms with Gasteiger partial charge in [-0.2, -0.15) is 0 Å². The van der Waals surface area contributed by atoms with Gasteiger partial charge in [-0.1, -0.05) is 30.1 Å². The Kier molecular flexibility index (Phi) is 4.33. The van der Waals surface area contributed by atoms with Gasteiger partial charge in [0.15, 0.2) is 5.82 Å². The molecule has 6 nitrogen and oxygen atoms in total. The zero-order valence-electron chi connectivity index (χ0n) is 10.5. The van der Waals surface area contributed by atoms with Gasteiger partial charge in [0.2, 0.25) is 0 Å². The average molecular weight is 335 g/mol. The Morgan fingerprint density at radius 2 is 1.95 bits per heavy atom. The van der Waals surface area contributed by atoms with E-state index in [9.17, 15) is 8.42 Å². The number of nitrogens with two attached hydrogens (primary N) is 1. The molecule has 0 fully saturated rings. The predicted molar refractivity (Wildman–Crippen MR) is 77.1 cm³/mol. The molecular formula is C11H12Cl2N4O2S. The molecule has 0 saturated heterocycles. The zero-order chi connectivity index (χ0) is 14.9. The third-order valence-electron chi connectivity index (χ3n) is 2.60. The van der Waals surface area contributed by atoms with Crippen LogP contribution >= 0.6 is 23.2 Å². The minimum Gasteiger partial charge on any atom is -0.297 e. The maximum Gasteiger partial charge on any atom is 0.273 e. The number of hydrogen-bond donors (Lipinski definition) is 1. The van der Waals surface area contributed by atoms with Gasteiger partial charge in [0.25, 0.3) is 15.2 Å². The lowest BCUT2D eigenvalue weighted by Gasteiger charge is -2.08. The third-order valence-corrected chi connectivity index (χ3v) is 4.15. The van der Waals surface area contributed by atoms with Crippen molar-refractivity contribution in [3.05, 3.63) is 28.2 Å². The molecule has 0 saturated carbocycles. The lowest BCUT2D eigenvalue weighted by molar-refractivity contribution is 0.559. The van der Waals surface area contributed by atoms with E-state index >= 15 is 0 Å². The van der Waals surface area contributed by atoms with Crippen molar-refractivity contribution in [3.63, 3.8) is 0 Å². The average Bonchev–Trinajstić information content (AvgIpc) is 2.77. The molecular weight excluding hydrogens is 323 g/mol. The Labute approximate surface area is 126 Å². The minimum absolute atomic E-state index is 0.263. The molecule has 2 N–H and O–H groups in total. The maximum absolute atomic E-state index is 11.5. The van der Waals surface area contributed by atoms with E-state index in [0.29, 0.717) is 34.4 Å². The molecule has 1 aromatic carbocycles. The Balaban J connectivity index is 2.62. The van der Waals surface area contributed by atoms with Gasteiger partial charge in [-0.15, -0.1) is 10.2 Å². The molecule has 9 heteroatoms. The second kappa shape index (κ2) is 5.69. The first-order valence-corrected chi connectivity index (χ1v) is 8.06. The van der Waals surface area contributed by atoms with Crippen molar-refractivity contribution in [1.82, 2.24) is 14.8 Å². The largest absolute Gasteiger partial charge is 0.297 e. The van der Waals surface area contributed by atoms with Crippen LogP contribution in [0.2, 0.25) is 10.0 Å². The Morgan fingerprint density at radius 1 is 1.25 bits per heavy atom. The quantitative estimate of drug-likeness (QED) is 0.928. The summed E-state index contributed by atoms with van der Waals surface area (Å²) in [6, 6.07) is 4.91. The van der Waals surface area contributed by atoms with Gasteiger partial charge in [0, 0.05) is 12.1 Å². The molecule has 20 heavy (non-hydrogen) atoms. The highest BCUT2D eigenvalue weighted by Crippen LogP contribution is 2.28. The number of hydrogen-bond acceptors (Lipinski definition) is 4. The van der Waals surface area contributed by atoms with E-state index in [1.807, 2.05) is 6.92 Å². The zero-order valence-corrected chi connectivity index (χ0v) is 12.9. The first-order valence-electron chi connectivity index (χ1n) is 5.76. The molecule has 2 rings (SSSR count). The number of sulfonamides is 1. The van der Waals surface area contributed by atoms with Crippen LogP contribution in [0.1, 0.15) is 13.3 Å². The molecule has 0 bridgehead atoms. The van der Waals surface area contributed by atoms with E-state index in [0.717, 1.165) is 0 Å². The fourth-order valence-electron chi connectivity index (χ4n) is 1.77. The van der Waals surface area contributed by atoms with Gasteiger partial charge in [0.05, 0.1) is 10.0 Å². The summed E-state index contributed by atoms with van der Waals surface area (Å²) in [6.45, 7) is 2.33. The Hall–Kier alpha value is -1.15. The summed E-state index contributed by atoms with van der Waals surface area (Å²) < 4.78 is 24.5. The first-order chi connectivity index (χ1) is 9.34. The number of nitrogens with zero attached hydrogens (tertiary/aromatic N) is 3. The second-order valence-corrected chi connectivity index (χ2v) is 6.40. The van der Waals surface area contributed by atoms with Crippen LogP contribution in [0.15, 0.2) is 23.4 Å². The van der Waals surface area contributed by atoms with Gasteiger partial charge in [-0.3, -0.25) is 4.57 Å². The van der Waals surface area contributed by atoms with Crippen molar-refractivity contribution in [2.45, 2.75) is 25.0 Å². The van der Waals surface area contributed by atoms with Gasteiger partial charge in [-0.05, 0) is 24.6 Å². The number of halogens is 2. The molecule has 0 atom stereocenters. The lowest BCUT2D eigenvalue weighted by atomic mass is 10.2. The van der Waals surface area contributed by atoms with Gasteiger partial charge in [0.1, 0.15) is 0 Å². The van der Waals surface area contributed by atoms with Crippen LogP contribution in [0, 0.1) is 0 Å². The monoisotopic (exact) mass is 334 g/mol.